The highest BCUT2D eigenvalue weighted by Gasteiger charge is 2.17. The standard InChI is InChI=1S/C19H14Cl2N4O/c1-11-23-17-16(12-6-8-14(20)9-7-12)25-26-18(17)19(24-11)22-10-13-4-2-3-5-15(13)21/h2-9H,10H2,1H3,(H,22,23,24). The summed E-state index contributed by atoms with van der Waals surface area (Å²) in [5, 5.41) is 8.81. The molecule has 2 aromatic heterocycles. The van der Waals surface area contributed by atoms with Crippen molar-refractivity contribution in [2.75, 3.05) is 5.32 Å². The minimum Gasteiger partial charge on any atom is -0.363 e. The fourth-order valence-electron chi connectivity index (χ4n) is 2.68. The summed E-state index contributed by atoms with van der Waals surface area (Å²) in [4.78, 5) is 8.95. The Morgan fingerprint density at radius 2 is 1.77 bits per heavy atom. The highest BCUT2D eigenvalue weighted by atomic mass is 35.5. The van der Waals surface area contributed by atoms with Crippen LogP contribution in [0.4, 0.5) is 5.82 Å². The molecule has 1 N–H and O–H groups in total. The van der Waals surface area contributed by atoms with Crippen molar-refractivity contribution in [2.45, 2.75) is 13.5 Å². The Hall–Kier alpha value is -2.63. The van der Waals surface area contributed by atoms with Gasteiger partial charge in [-0.1, -0.05) is 58.7 Å². The van der Waals surface area contributed by atoms with Crippen LogP contribution >= 0.6 is 23.2 Å². The molecule has 0 bridgehead atoms. The van der Waals surface area contributed by atoms with Crippen molar-refractivity contribution in [1.29, 1.82) is 0 Å². The second-order valence-corrected chi connectivity index (χ2v) is 6.62. The van der Waals surface area contributed by atoms with Gasteiger partial charge < -0.3 is 9.84 Å². The quantitative estimate of drug-likeness (QED) is 0.502. The Labute approximate surface area is 160 Å². The molecular weight excluding hydrogens is 371 g/mol. The number of benzene rings is 2. The summed E-state index contributed by atoms with van der Waals surface area (Å²) in [5.74, 6) is 1.21. The molecule has 0 saturated heterocycles. The van der Waals surface area contributed by atoms with Gasteiger partial charge in [-0.15, -0.1) is 0 Å². The lowest BCUT2D eigenvalue weighted by molar-refractivity contribution is 0.459. The monoisotopic (exact) mass is 384 g/mol. The number of aryl methyl sites for hydroxylation is 1. The van der Waals surface area contributed by atoms with E-state index in [4.69, 9.17) is 27.7 Å². The van der Waals surface area contributed by atoms with Crippen LogP contribution in [0.5, 0.6) is 0 Å². The number of nitrogens with one attached hydrogen (secondary N) is 1. The molecule has 0 spiro atoms. The molecule has 4 aromatic rings. The molecule has 2 heterocycles. The molecule has 0 saturated carbocycles. The molecule has 0 amide bonds. The summed E-state index contributed by atoms with van der Waals surface area (Å²) in [6.45, 7) is 2.35. The van der Waals surface area contributed by atoms with Crippen LogP contribution in [0.2, 0.25) is 10.0 Å². The Balaban J connectivity index is 1.72. The van der Waals surface area contributed by atoms with Gasteiger partial charge in [0.05, 0.1) is 0 Å². The zero-order valence-electron chi connectivity index (χ0n) is 13.8. The van der Waals surface area contributed by atoms with E-state index in [0.29, 0.717) is 45.0 Å². The van der Waals surface area contributed by atoms with Crippen LogP contribution in [0, 0.1) is 6.92 Å². The van der Waals surface area contributed by atoms with Gasteiger partial charge in [-0.2, -0.15) is 0 Å². The van der Waals surface area contributed by atoms with E-state index >= 15 is 0 Å². The minimum absolute atomic E-state index is 0.507. The molecule has 7 heteroatoms. The summed E-state index contributed by atoms with van der Waals surface area (Å²) in [6, 6.07) is 15.0. The number of hydrogen-bond acceptors (Lipinski definition) is 5. The maximum atomic E-state index is 6.22. The van der Waals surface area contributed by atoms with E-state index in [1.165, 1.54) is 0 Å². The van der Waals surface area contributed by atoms with Crippen molar-refractivity contribution in [3.63, 3.8) is 0 Å². The highest BCUT2D eigenvalue weighted by molar-refractivity contribution is 6.31. The third kappa shape index (κ3) is 3.23. The second kappa shape index (κ2) is 6.94. The first kappa shape index (κ1) is 16.8. The highest BCUT2D eigenvalue weighted by Crippen LogP contribution is 2.31. The number of halogens is 2. The molecule has 5 nitrogen and oxygen atoms in total. The normalized spacial score (nSPS) is 11.0. The van der Waals surface area contributed by atoms with E-state index in [9.17, 15) is 0 Å². The molecule has 0 unspecified atom stereocenters. The van der Waals surface area contributed by atoms with Crippen molar-refractivity contribution < 1.29 is 4.52 Å². The fraction of sp³-hybridized carbons (Fsp3) is 0.105. The van der Waals surface area contributed by atoms with Gasteiger partial charge in [-0.25, -0.2) is 9.97 Å². The van der Waals surface area contributed by atoms with E-state index in [-0.39, 0.29) is 0 Å². The van der Waals surface area contributed by atoms with Gasteiger partial charge in [0.1, 0.15) is 17.0 Å². The van der Waals surface area contributed by atoms with Gasteiger partial charge in [0, 0.05) is 22.2 Å². The zero-order valence-corrected chi connectivity index (χ0v) is 15.3. The van der Waals surface area contributed by atoms with Crippen LogP contribution in [-0.2, 0) is 6.54 Å². The molecule has 0 aliphatic rings. The Kier molecular flexibility index (Phi) is 4.49. The van der Waals surface area contributed by atoms with Crippen LogP contribution in [0.25, 0.3) is 22.4 Å². The Morgan fingerprint density at radius 1 is 1.00 bits per heavy atom. The van der Waals surface area contributed by atoms with Crippen LogP contribution in [0.3, 0.4) is 0 Å². The SMILES string of the molecule is Cc1nc(NCc2ccccc2Cl)c2onc(-c3ccc(Cl)cc3)c2n1. The molecule has 0 aliphatic carbocycles. The number of rotatable bonds is 4. The number of aromatic nitrogens is 3. The van der Waals surface area contributed by atoms with Gasteiger partial charge in [-0.3, -0.25) is 0 Å². The van der Waals surface area contributed by atoms with E-state index in [1.807, 2.05) is 55.5 Å². The van der Waals surface area contributed by atoms with Gasteiger partial charge >= 0.3 is 0 Å². The Bertz CT molecular complexity index is 1080. The molecule has 0 aliphatic heterocycles. The summed E-state index contributed by atoms with van der Waals surface area (Å²) in [6.07, 6.45) is 0. The van der Waals surface area contributed by atoms with Gasteiger partial charge in [-0.05, 0) is 30.7 Å². The Morgan fingerprint density at radius 3 is 2.54 bits per heavy atom. The van der Waals surface area contributed by atoms with E-state index in [0.717, 1.165) is 11.1 Å². The third-order valence-electron chi connectivity index (χ3n) is 3.95. The average Bonchev–Trinajstić information content (AvgIpc) is 3.05. The number of nitrogens with zero attached hydrogens (tertiary/aromatic N) is 3. The van der Waals surface area contributed by atoms with Crippen molar-refractivity contribution >= 4 is 40.1 Å². The lowest BCUT2D eigenvalue weighted by Crippen LogP contribution is -2.04. The van der Waals surface area contributed by atoms with E-state index in [1.54, 1.807) is 0 Å². The number of hydrogen-bond donors (Lipinski definition) is 1. The first-order chi connectivity index (χ1) is 12.6. The molecule has 26 heavy (non-hydrogen) atoms. The van der Waals surface area contributed by atoms with Crippen LogP contribution < -0.4 is 5.32 Å². The summed E-state index contributed by atoms with van der Waals surface area (Å²) in [7, 11) is 0. The molecule has 4 rings (SSSR count). The lowest BCUT2D eigenvalue weighted by Gasteiger charge is -2.08. The van der Waals surface area contributed by atoms with Crippen LogP contribution in [0.1, 0.15) is 11.4 Å². The number of fused-ring (bicyclic) bond motifs is 1. The predicted octanol–water partition coefficient (Wildman–Crippen LogP) is 5.51. The molecule has 130 valence electrons. The second-order valence-electron chi connectivity index (χ2n) is 5.78. The topological polar surface area (TPSA) is 63.8 Å². The van der Waals surface area contributed by atoms with Crippen molar-refractivity contribution in [3.05, 3.63) is 70.0 Å². The molecule has 0 fully saturated rings. The zero-order chi connectivity index (χ0) is 18.1. The van der Waals surface area contributed by atoms with Crippen molar-refractivity contribution in [2.24, 2.45) is 0 Å². The van der Waals surface area contributed by atoms with Gasteiger partial charge in [0.25, 0.3) is 0 Å². The third-order valence-corrected chi connectivity index (χ3v) is 4.57. The van der Waals surface area contributed by atoms with Crippen LogP contribution in [0.15, 0.2) is 53.1 Å². The molecule has 2 aromatic carbocycles. The first-order valence-corrected chi connectivity index (χ1v) is 8.74. The van der Waals surface area contributed by atoms with Crippen molar-refractivity contribution in [1.82, 2.24) is 15.1 Å². The van der Waals surface area contributed by atoms with Gasteiger partial charge in [0.2, 0.25) is 5.58 Å². The van der Waals surface area contributed by atoms with Gasteiger partial charge in [0.15, 0.2) is 5.82 Å². The number of anilines is 1. The summed E-state index contributed by atoms with van der Waals surface area (Å²) >= 11 is 12.2. The maximum Gasteiger partial charge on any atom is 0.228 e. The summed E-state index contributed by atoms with van der Waals surface area (Å²) in [5.41, 5.74) is 3.66. The average molecular weight is 385 g/mol. The molecular formula is C19H14Cl2N4O. The largest absolute Gasteiger partial charge is 0.363 e. The lowest BCUT2D eigenvalue weighted by atomic mass is 10.1. The predicted molar refractivity (Wildman–Crippen MR) is 104 cm³/mol. The maximum absolute atomic E-state index is 6.22. The minimum atomic E-state index is 0.507. The summed E-state index contributed by atoms with van der Waals surface area (Å²) < 4.78 is 5.54. The molecule has 0 atom stereocenters. The van der Waals surface area contributed by atoms with Crippen LogP contribution in [-0.4, -0.2) is 15.1 Å². The van der Waals surface area contributed by atoms with Crippen molar-refractivity contribution in [3.8, 4) is 11.3 Å². The smallest absolute Gasteiger partial charge is 0.228 e. The van der Waals surface area contributed by atoms with E-state index in [2.05, 4.69) is 20.4 Å². The fourth-order valence-corrected chi connectivity index (χ4v) is 3.01. The first-order valence-electron chi connectivity index (χ1n) is 7.99. The van der Waals surface area contributed by atoms with E-state index < -0.39 is 0 Å². The molecule has 0 radical (unpaired) electrons.